The number of amides is 1. The van der Waals surface area contributed by atoms with Crippen LogP contribution in [-0.2, 0) is 0 Å². The van der Waals surface area contributed by atoms with Crippen molar-refractivity contribution in [1.82, 2.24) is 20.1 Å². The normalized spacial score (nSPS) is 12.0. The lowest BCUT2D eigenvalue weighted by Crippen LogP contribution is -2.27. The number of fused-ring (bicyclic) bond motifs is 1. The van der Waals surface area contributed by atoms with Gasteiger partial charge in [0, 0.05) is 6.20 Å². The lowest BCUT2D eigenvalue weighted by molar-refractivity contribution is 0.0940. The predicted molar refractivity (Wildman–Crippen MR) is 117 cm³/mol. The third kappa shape index (κ3) is 3.62. The molecule has 0 aliphatic rings. The van der Waals surface area contributed by atoms with E-state index in [1.54, 1.807) is 11.8 Å². The first-order chi connectivity index (χ1) is 14.5. The maximum absolute atomic E-state index is 12.9. The van der Waals surface area contributed by atoms with Gasteiger partial charge in [-0.15, -0.1) is 0 Å². The van der Waals surface area contributed by atoms with Crippen molar-refractivity contribution < 1.29 is 9.53 Å². The van der Waals surface area contributed by atoms with Crippen LogP contribution in [0.25, 0.3) is 16.7 Å². The van der Waals surface area contributed by atoms with Gasteiger partial charge in [0.25, 0.3) is 5.91 Å². The number of aryl methyl sites for hydroxylation is 1. The first-order valence-electron chi connectivity index (χ1n) is 9.53. The minimum absolute atomic E-state index is 0.159. The SMILES string of the molecule is COc1ccc(-n2nc(C)c3c(Cl)c(C(=O)N[C@@H](C)c4ccccc4)cnc32)cc1. The summed E-state index contributed by atoms with van der Waals surface area (Å²) in [7, 11) is 1.62. The van der Waals surface area contributed by atoms with Crippen LogP contribution in [0.1, 0.15) is 34.6 Å². The number of nitrogens with one attached hydrogen (secondary N) is 1. The molecule has 30 heavy (non-hydrogen) atoms. The molecule has 6 nitrogen and oxygen atoms in total. The van der Waals surface area contributed by atoms with Crippen LogP contribution in [0.4, 0.5) is 0 Å². The summed E-state index contributed by atoms with van der Waals surface area (Å²) < 4.78 is 6.92. The molecule has 2 aromatic carbocycles. The second-order valence-corrected chi connectivity index (χ2v) is 7.36. The van der Waals surface area contributed by atoms with E-state index in [1.807, 2.05) is 68.4 Å². The van der Waals surface area contributed by atoms with Crippen LogP contribution in [0.15, 0.2) is 60.8 Å². The Morgan fingerprint density at radius 3 is 2.50 bits per heavy atom. The lowest BCUT2D eigenvalue weighted by Gasteiger charge is -2.15. The summed E-state index contributed by atoms with van der Waals surface area (Å²) in [6.07, 6.45) is 1.50. The van der Waals surface area contributed by atoms with E-state index in [1.165, 1.54) is 6.20 Å². The Labute approximate surface area is 179 Å². The highest BCUT2D eigenvalue weighted by Crippen LogP contribution is 2.30. The third-order valence-electron chi connectivity index (χ3n) is 5.02. The Kier molecular flexibility index (Phi) is 5.42. The van der Waals surface area contributed by atoms with Gasteiger partial charge in [-0.1, -0.05) is 41.9 Å². The molecule has 4 rings (SSSR count). The zero-order chi connectivity index (χ0) is 21.3. The van der Waals surface area contributed by atoms with Crippen molar-refractivity contribution in [1.29, 1.82) is 0 Å². The Balaban J connectivity index is 1.69. The maximum Gasteiger partial charge on any atom is 0.254 e. The molecule has 0 aliphatic carbocycles. The number of benzene rings is 2. The quantitative estimate of drug-likeness (QED) is 0.499. The number of ether oxygens (including phenoxy) is 1. The van der Waals surface area contributed by atoms with Gasteiger partial charge in [0.05, 0.1) is 40.5 Å². The zero-order valence-corrected chi connectivity index (χ0v) is 17.6. The van der Waals surface area contributed by atoms with Crippen molar-refractivity contribution in [3.63, 3.8) is 0 Å². The van der Waals surface area contributed by atoms with E-state index in [0.29, 0.717) is 27.3 Å². The van der Waals surface area contributed by atoms with Crippen molar-refractivity contribution in [3.05, 3.63) is 82.6 Å². The molecule has 2 heterocycles. The van der Waals surface area contributed by atoms with Gasteiger partial charge >= 0.3 is 0 Å². The van der Waals surface area contributed by atoms with Gasteiger partial charge in [-0.05, 0) is 43.7 Å². The van der Waals surface area contributed by atoms with Gasteiger partial charge in [0.1, 0.15) is 5.75 Å². The number of hydrogen-bond donors (Lipinski definition) is 1. The minimum atomic E-state index is -0.276. The van der Waals surface area contributed by atoms with E-state index < -0.39 is 0 Å². The number of aromatic nitrogens is 3. The fourth-order valence-electron chi connectivity index (χ4n) is 3.37. The molecule has 0 aliphatic heterocycles. The molecule has 1 N–H and O–H groups in total. The second kappa shape index (κ2) is 8.16. The van der Waals surface area contributed by atoms with Crippen molar-refractivity contribution in [2.24, 2.45) is 0 Å². The molecule has 7 heteroatoms. The summed E-state index contributed by atoms with van der Waals surface area (Å²) in [4.78, 5) is 17.4. The molecule has 0 radical (unpaired) electrons. The van der Waals surface area contributed by atoms with Gasteiger partial charge < -0.3 is 10.1 Å². The summed E-state index contributed by atoms with van der Waals surface area (Å²) >= 11 is 6.65. The molecular weight excluding hydrogens is 400 g/mol. The topological polar surface area (TPSA) is 69.0 Å². The summed E-state index contributed by atoms with van der Waals surface area (Å²) in [5, 5.41) is 8.57. The van der Waals surface area contributed by atoms with Gasteiger partial charge in [-0.3, -0.25) is 4.79 Å². The van der Waals surface area contributed by atoms with E-state index >= 15 is 0 Å². The molecule has 0 unspecified atom stereocenters. The van der Waals surface area contributed by atoms with Crippen LogP contribution in [0.2, 0.25) is 5.02 Å². The largest absolute Gasteiger partial charge is 0.497 e. The molecular formula is C23H21ClN4O2. The average Bonchev–Trinajstić information content (AvgIpc) is 3.11. The van der Waals surface area contributed by atoms with Crippen LogP contribution in [-0.4, -0.2) is 27.8 Å². The van der Waals surface area contributed by atoms with E-state index in [4.69, 9.17) is 16.3 Å². The fourth-order valence-corrected chi connectivity index (χ4v) is 3.73. The maximum atomic E-state index is 12.9. The molecule has 0 fully saturated rings. The lowest BCUT2D eigenvalue weighted by atomic mass is 10.1. The molecule has 4 aromatic rings. The van der Waals surface area contributed by atoms with Gasteiger partial charge in [0.15, 0.2) is 5.65 Å². The van der Waals surface area contributed by atoms with E-state index in [-0.39, 0.29) is 11.9 Å². The summed E-state index contributed by atoms with van der Waals surface area (Å²) in [5.41, 5.74) is 3.45. The molecule has 0 spiro atoms. The zero-order valence-electron chi connectivity index (χ0n) is 16.9. The molecule has 0 bridgehead atoms. The Bertz CT molecular complexity index is 1200. The van der Waals surface area contributed by atoms with E-state index in [2.05, 4.69) is 15.4 Å². The van der Waals surface area contributed by atoms with E-state index in [0.717, 1.165) is 17.0 Å². The third-order valence-corrected chi connectivity index (χ3v) is 5.41. The van der Waals surface area contributed by atoms with Gasteiger partial charge in [-0.25, -0.2) is 9.67 Å². The van der Waals surface area contributed by atoms with Gasteiger partial charge in [-0.2, -0.15) is 5.10 Å². The fraction of sp³-hybridized carbons (Fsp3) is 0.174. The first-order valence-corrected chi connectivity index (χ1v) is 9.91. The van der Waals surface area contributed by atoms with Crippen LogP contribution in [0, 0.1) is 6.92 Å². The monoisotopic (exact) mass is 420 g/mol. The summed E-state index contributed by atoms with van der Waals surface area (Å²) in [6.45, 7) is 3.78. The van der Waals surface area contributed by atoms with Gasteiger partial charge in [0.2, 0.25) is 0 Å². The van der Waals surface area contributed by atoms with Crippen molar-refractivity contribution in [2.45, 2.75) is 19.9 Å². The molecule has 0 saturated heterocycles. The molecule has 152 valence electrons. The standard InChI is InChI=1S/C23H21ClN4O2/c1-14(16-7-5-4-6-8-16)26-23(29)19-13-25-22-20(21(19)24)15(2)27-28(22)17-9-11-18(30-3)12-10-17/h4-14H,1-3H3,(H,26,29)/t14-/m0/s1. The number of rotatable bonds is 5. The molecule has 1 amide bonds. The van der Waals surface area contributed by atoms with Crippen LogP contribution < -0.4 is 10.1 Å². The number of pyridine rings is 1. The Morgan fingerprint density at radius 1 is 1.13 bits per heavy atom. The number of hydrogen-bond acceptors (Lipinski definition) is 4. The van der Waals surface area contributed by atoms with Crippen LogP contribution in [0.3, 0.4) is 0 Å². The number of methoxy groups -OCH3 is 1. The Morgan fingerprint density at radius 2 is 1.83 bits per heavy atom. The summed E-state index contributed by atoms with van der Waals surface area (Å²) in [5.74, 6) is 0.478. The molecule has 2 aromatic heterocycles. The number of halogens is 1. The smallest absolute Gasteiger partial charge is 0.254 e. The average molecular weight is 421 g/mol. The summed E-state index contributed by atoms with van der Waals surface area (Å²) in [6, 6.07) is 17.1. The molecule has 0 saturated carbocycles. The van der Waals surface area contributed by atoms with E-state index in [9.17, 15) is 4.79 Å². The highest BCUT2D eigenvalue weighted by atomic mass is 35.5. The highest BCUT2D eigenvalue weighted by molar-refractivity contribution is 6.38. The number of carbonyl (C=O) groups is 1. The predicted octanol–water partition coefficient (Wildman–Crippen LogP) is 4.88. The number of carbonyl (C=O) groups excluding carboxylic acids is 1. The van der Waals surface area contributed by atoms with Crippen molar-refractivity contribution >= 4 is 28.5 Å². The van der Waals surface area contributed by atoms with Crippen molar-refractivity contribution in [3.8, 4) is 11.4 Å². The molecule has 1 atom stereocenters. The first kappa shape index (κ1) is 19.9. The second-order valence-electron chi connectivity index (χ2n) is 6.99. The number of nitrogens with zero attached hydrogens (tertiary/aromatic N) is 3. The van der Waals surface area contributed by atoms with Crippen LogP contribution in [0.5, 0.6) is 5.75 Å². The highest BCUT2D eigenvalue weighted by Gasteiger charge is 2.21. The minimum Gasteiger partial charge on any atom is -0.497 e. The Hall–Kier alpha value is -3.38. The van der Waals surface area contributed by atoms with Crippen molar-refractivity contribution in [2.75, 3.05) is 7.11 Å². The van der Waals surface area contributed by atoms with Crippen LogP contribution >= 0.6 is 11.6 Å².